The Labute approximate surface area is 268 Å². The molecule has 3 aliphatic rings. The van der Waals surface area contributed by atoms with Crippen LogP contribution in [0.5, 0.6) is 0 Å². The van der Waals surface area contributed by atoms with E-state index in [1.54, 1.807) is 0 Å². The Hall–Kier alpha value is -3.46. The minimum Gasteiger partial charge on any atom is -0.481 e. The van der Waals surface area contributed by atoms with Crippen molar-refractivity contribution in [1.29, 1.82) is 0 Å². The topological polar surface area (TPSA) is 108 Å². The molecule has 6 rings (SSSR count). The van der Waals surface area contributed by atoms with E-state index >= 15 is 0 Å². The number of piperidine rings is 1. The van der Waals surface area contributed by atoms with Gasteiger partial charge in [-0.15, -0.1) is 0 Å². The van der Waals surface area contributed by atoms with Gasteiger partial charge in [0, 0.05) is 43.5 Å². The number of anilines is 2. The van der Waals surface area contributed by atoms with Crippen molar-refractivity contribution in [3.05, 3.63) is 65.1 Å². The van der Waals surface area contributed by atoms with E-state index in [2.05, 4.69) is 71.0 Å². The number of fused-ring (bicyclic) bond motifs is 1. The molecular formula is C36H51N7O2. The van der Waals surface area contributed by atoms with Crippen molar-refractivity contribution < 1.29 is 9.90 Å². The van der Waals surface area contributed by atoms with Gasteiger partial charge in [-0.1, -0.05) is 44.2 Å². The summed E-state index contributed by atoms with van der Waals surface area (Å²) in [5.74, 6) is 2.34. The molecule has 0 bridgehead atoms. The van der Waals surface area contributed by atoms with Crippen LogP contribution < -0.4 is 10.6 Å². The molecule has 4 atom stereocenters. The second-order valence-electron chi connectivity index (χ2n) is 13.9. The first kappa shape index (κ1) is 31.5. The third-order valence-electron chi connectivity index (χ3n) is 10.6. The van der Waals surface area contributed by atoms with E-state index in [1.807, 2.05) is 17.9 Å². The van der Waals surface area contributed by atoms with Gasteiger partial charge >= 0.3 is 5.97 Å². The smallest absolute Gasteiger partial charge is 0.306 e. The molecule has 9 heteroatoms. The maximum atomic E-state index is 11.6. The van der Waals surface area contributed by atoms with Crippen LogP contribution >= 0.6 is 0 Å². The lowest BCUT2D eigenvalue weighted by Crippen LogP contribution is -2.39. The number of benzene rings is 1. The fourth-order valence-corrected chi connectivity index (χ4v) is 8.02. The number of carboxylic acid groups (broad SMARTS) is 1. The number of hydrogen-bond acceptors (Lipinski definition) is 7. The highest BCUT2D eigenvalue weighted by molar-refractivity contribution is 5.70. The summed E-state index contributed by atoms with van der Waals surface area (Å²) in [7, 11) is 1.98. The normalized spacial score (nSPS) is 25.2. The second-order valence-corrected chi connectivity index (χ2v) is 13.9. The Bertz CT molecular complexity index is 1420. The number of aryl methyl sites for hydroxylation is 2. The molecule has 1 saturated heterocycles. The molecule has 1 aliphatic heterocycles. The van der Waals surface area contributed by atoms with Gasteiger partial charge in [-0.05, 0) is 94.1 Å². The largest absolute Gasteiger partial charge is 0.481 e. The summed E-state index contributed by atoms with van der Waals surface area (Å²) < 4.78 is 1.89. The Kier molecular flexibility index (Phi) is 10.0. The molecule has 2 aromatic heterocycles. The average Bonchev–Trinajstić information content (AvgIpc) is 3.49. The number of aromatic nitrogens is 4. The Morgan fingerprint density at radius 1 is 1.07 bits per heavy atom. The van der Waals surface area contributed by atoms with Crippen molar-refractivity contribution in [2.24, 2.45) is 24.8 Å². The zero-order chi connectivity index (χ0) is 31.3. The number of hydrogen-bond donors (Lipinski definition) is 3. The van der Waals surface area contributed by atoms with Gasteiger partial charge in [0.1, 0.15) is 5.82 Å². The molecule has 242 valence electrons. The average molecular weight is 614 g/mol. The molecule has 3 aromatic rings. The molecule has 1 aromatic carbocycles. The predicted octanol–water partition coefficient (Wildman–Crippen LogP) is 6.45. The summed E-state index contributed by atoms with van der Waals surface area (Å²) >= 11 is 0. The van der Waals surface area contributed by atoms with Crippen LogP contribution in [0.15, 0.2) is 42.7 Å². The molecule has 0 unspecified atom stereocenters. The lowest BCUT2D eigenvalue weighted by Gasteiger charge is -2.35. The molecule has 0 radical (unpaired) electrons. The Morgan fingerprint density at radius 2 is 1.87 bits per heavy atom. The zero-order valence-electron chi connectivity index (χ0n) is 27.3. The van der Waals surface area contributed by atoms with Crippen LogP contribution in [-0.4, -0.2) is 61.4 Å². The van der Waals surface area contributed by atoms with E-state index in [4.69, 9.17) is 9.97 Å². The molecule has 0 spiro atoms. The monoisotopic (exact) mass is 613 g/mol. The highest BCUT2D eigenvalue weighted by Gasteiger charge is 2.32. The first-order valence-electron chi connectivity index (χ1n) is 17.3. The first-order chi connectivity index (χ1) is 21.9. The van der Waals surface area contributed by atoms with Crippen molar-refractivity contribution in [2.45, 2.75) is 96.1 Å². The predicted molar refractivity (Wildman–Crippen MR) is 178 cm³/mol. The van der Waals surface area contributed by atoms with Crippen molar-refractivity contribution >= 4 is 17.7 Å². The molecule has 0 amide bonds. The highest BCUT2D eigenvalue weighted by Crippen LogP contribution is 2.38. The van der Waals surface area contributed by atoms with Crippen molar-refractivity contribution in [1.82, 2.24) is 24.6 Å². The second kappa shape index (κ2) is 14.3. The van der Waals surface area contributed by atoms with Gasteiger partial charge in [0.25, 0.3) is 0 Å². The summed E-state index contributed by atoms with van der Waals surface area (Å²) in [6.07, 6.45) is 13.9. The summed E-state index contributed by atoms with van der Waals surface area (Å²) in [5, 5.41) is 21.7. The van der Waals surface area contributed by atoms with Gasteiger partial charge in [-0.3, -0.25) is 9.48 Å². The van der Waals surface area contributed by atoms with Gasteiger partial charge in [0.05, 0.1) is 23.9 Å². The molecular weight excluding hydrogens is 562 g/mol. The Balaban J connectivity index is 1.30. The molecule has 2 fully saturated rings. The quantitative estimate of drug-likeness (QED) is 0.227. The number of rotatable bonds is 11. The van der Waals surface area contributed by atoms with E-state index < -0.39 is 5.97 Å². The van der Waals surface area contributed by atoms with Crippen LogP contribution in [-0.2, 0) is 24.7 Å². The summed E-state index contributed by atoms with van der Waals surface area (Å²) in [4.78, 5) is 24.6. The minimum atomic E-state index is -0.654. The number of nitrogens with one attached hydrogen (secondary N) is 2. The van der Waals surface area contributed by atoms with Gasteiger partial charge in [-0.2, -0.15) is 10.1 Å². The van der Waals surface area contributed by atoms with Crippen LogP contribution in [0, 0.1) is 17.8 Å². The van der Waals surface area contributed by atoms with Crippen molar-refractivity contribution in [3.8, 4) is 0 Å². The van der Waals surface area contributed by atoms with Crippen molar-refractivity contribution in [3.63, 3.8) is 0 Å². The van der Waals surface area contributed by atoms with Crippen LogP contribution in [0.4, 0.5) is 11.8 Å². The van der Waals surface area contributed by atoms with Gasteiger partial charge < -0.3 is 20.6 Å². The lowest BCUT2D eigenvalue weighted by atomic mass is 9.78. The molecule has 9 nitrogen and oxygen atoms in total. The molecule has 3 N–H and O–H groups in total. The fraction of sp³-hybridized carbons (Fsp3) is 0.611. The number of carboxylic acids is 1. The van der Waals surface area contributed by atoms with Gasteiger partial charge in [0.2, 0.25) is 5.95 Å². The van der Waals surface area contributed by atoms with Crippen LogP contribution in [0.25, 0.3) is 0 Å². The van der Waals surface area contributed by atoms with Gasteiger partial charge in [-0.25, -0.2) is 4.98 Å². The standard InChI is InChI=1S/C36H51N7O2/c1-4-31(26-12-14-27(15-13-26)35(44)45)39-36-40-32-17-16-28(25-10-6-5-7-11-25)19-30(32)34(41-36)38-33(29-20-37-42(3)22-29)23-43-18-8-9-24(2)21-43/h5-7,10-11,20,22,24,26-28,31,33H,4,8-9,12-19,21,23H2,1-3H3,(H,44,45)(H2,38,39,40,41)/t24-,26?,27?,28-,31-,33+/m1/s1. The highest BCUT2D eigenvalue weighted by atomic mass is 16.4. The maximum absolute atomic E-state index is 11.6. The number of likely N-dealkylation sites (tertiary alicyclic amines) is 1. The molecule has 2 aliphatic carbocycles. The third kappa shape index (κ3) is 7.68. The third-order valence-corrected chi connectivity index (χ3v) is 10.6. The first-order valence-corrected chi connectivity index (χ1v) is 17.3. The van der Waals surface area contributed by atoms with E-state index in [0.29, 0.717) is 23.7 Å². The minimum absolute atomic E-state index is 0.0567. The van der Waals surface area contributed by atoms with Crippen molar-refractivity contribution in [2.75, 3.05) is 30.3 Å². The number of nitrogens with zero attached hydrogens (tertiary/aromatic N) is 5. The maximum Gasteiger partial charge on any atom is 0.306 e. The van der Waals surface area contributed by atoms with E-state index in [1.165, 1.54) is 29.5 Å². The van der Waals surface area contributed by atoms with E-state index in [-0.39, 0.29) is 18.0 Å². The van der Waals surface area contributed by atoms with E-state index in [0.717, 1.165) is 82.5 Å². The molecule has 1 saturated carbocycles. The van der Waals surface area contributed by atoms with Crippen LogP contribution in [0.3, 0.4) is 0 Å². The van der Waals surface area contributed by atoms with Crippen LogP contribution in [0.2, 0.25) is 0 Å². The lowest BCUT2D eigenvalue weighted by molar-refractivity contribution is -0.143. The summed E-state index contributed by atoms with van der Waals surface area (Å²) in [5.41, 5.74) is 4.93. The molecule has 3 heterocycles. The summed E-state index contributed by atoms with van der Waals surface area (Å²) in [6, 6.07) is 11.1. The fourth-order valence-electron chi connectivity index (χ4n) is 8.02. The summed E-state index contributed by atoms with van der Waals surface area (Å²) in [6.45, 7) is 7.71. The van der Waals surface area contributed by atoms with Gasteiger partial charge in [0.15, 0.2) is 0 Å². The molecule has 45 heavy (non-hydrogen) atoms. The number of aliphatic carboxylic acids is 1. The Morgan fingerprint density at radius 3 is 2.56 bits per heavy atom. The van der Waals surface area contributed by atoms with Crippen LogP contribution in [0.1, 0.15) is 99.6 Å². The zero-order valence-corrected chi connectivity index (χ0v) is 27.3. The SMILES string of the molecule is CC[C@@H](Nc1nc2c(c(N[C@@H](CN3CCC[C@@H](C)C3)c3cnn(C)c3)n1)C[C@H](c1ccccc1)CC2)C1CCC(C(=O)O)CC1. The van der Waals surface area contributed by atoms with E-state index in [9.17, 15) is 9.90 Å². The number of carbonyl (C=O) groups is 1.